The van der Waals surface area contributed by atoms with Gasteiger partial charge in [0.1, 0.15) is 0 Å². The number of anilines is 1. The average Bonchev–Trinajstić information content (AvgIpc) is 2.36. The molecule has 6 nitrogen and oxygen atoms in total. The predicted molar refractivity (Wildman–Crippen MR) is 71.1 cm³/mol. The van der Waals surface area contributed by atoms with E-state index in [-0.39, 0.29) is 5.69 Å². The first-order valence-corrected chi connectivity index (χ1v) is 7.20. The predicted octanol–water partition coefficient (Wildman–Crippen LogP) is 1.04. The number of benzene rings is 1. The van der Waals surface area contributed by atoms with Crippen LogP contribution in [-0.4, -0.2) is 31.9 Å². The van der Waals surface area contributed by atoms with E-state index in [0.717, 1.165) is 7.11 Å². The number of sulfonamides is 1. The molecule has 0 radical (unpaired) electrons. The van der Waals surface area contributed by atoms with Gasteiger partial charge in [-0.15, -0.1) is 0 Å². The van der Waals surface area contributed by atoms with Crippen molar-refractivity contribution in [3.8, 4) is 0 Å². The SMILES string of the molecule is COC(=O)C(C)S(=O)(=O)Nc1ccccc1C(C)O. The van der Waals surface area contributed by atoms with Gasteiger partial charge in [-0.2, -0.15) is 0 Å². The number of aliphatic hydroxyl groups is 1. The van der Waals surface area contributed by atoms with Gasteiger partial charge in [0.15, 0.2) is 5.25 Å². The molecule has 0 saturated heterocycles. The molecule has 0 bridgehead atoms. The summed E-state index contributed by atoms with van der Waals surface area (Å²) in [5, 5.41) is 8.24. The van der Waals surface area contributed by atoms with Gasteiger partial charge < -0.3 is 9.84 Å². The van der Waals surface area contributed by atoms with Crippen molar-refractivity contribution in [3.05, 3.63) is 29.8 Å². The number of esters is 1. The van der Waals surface area contributed by atoms with Gasteiger partial charge in [0, 0.05) is 5.56 Å². The van der Waals surface area contributed by atoms with Crippen LogP contribution in [0, 0.1) is 0 Å². The van der Waals surface area contributed by atoms with Crippen LogP contribution in [0.4, 0.5) is 5.69 Å². The maximum absolute atomic E-state index is 12.0. The summed E-state index contributed by atoms with van der Waals surface area (Å²) in [4.78, 5) is 11.3. The third-order valence-electron chi connectivity index (χ3n) is 2.66. The highest BCUT2D eigenvalue weighted by molar-refractivity contribution is 7.94. The normalized spacial score (nSPS) is 14.5. The van der Waals surface area contributed by atoms with E-state index in [2.05, 4.69) is 9.46 Å². The van der Waals surface area contributed by atoms with Crippen molar-refractivity contribution in [1.29, 1.82) is 0 Å². The van der Waals surface area contributed by atoms with Crippen LogP contribution in [-0.2, 0) is 19.6 Å². The Balaban J connectivity index is 3.06. The lowest BCUT2D eigenvalue weighted by molar-refractivity contribution is -0.139. The van der Waals surface area contributed by atoms with E-state index in [0.29, 0.717) is 5.56 Å². The number of nitrogens with one attached hydrogen (secondary N) is 1. The van der Waals surface area contributed by atoms with Crippen LogP contribution in [0.1, 0.15) is 25.5 Å². The summed E-state index contributed by atoms with van der Waals surface area (Å²) in [6, 6.07) is 6.44. The summed E-state index contributed by atoms with van der Waals surface area (Å²) in [5.41, 5.74) is 0.677. The van der Waals surface area contributed by atoms with Gasteiger partial charge in [0.05, 0.1) is 18.9 Å². The van der Waals surface area contributed by atoms with Crippen LogP contribution < -0.4 is 4.72 Å². The van der Waals surface area contributed by atoms with Crippen LogP contribution in [0.25, 0.3) is 0 Å². The number of hydrogen-bond acceptors (Lipinski definition) is 5. The number of rotatable bonds is 5. The van der Waals surface area contributed by atoms with E-state index in [1.165, 1.54) is 19.9 Å². The van der Waals surface area contributed by atoms with E-state index in [1.54, 1.807) is 18.2 Å². The largest absolute Gasteiger partial charge is 0.468 e. The molecular formula is C12H17NO5S. The lowest BCUT2D eigenvalue weighted by atomic mass is 10.1. The molecule has 0 aliphatic rings. The summed E-state index contributed by atoms with van der Waals surface area (Å²) < 4.78 is 30.7. The summed E-state index contributed by atoms with van der Waals surface area (Å²) in [6.07, 6.45) is -0.827. The Morgan fingerprint density at radius 2 is 1.89 bits per heavy atom. The molecule has 106 valence electrons. The van der Waals surface area contributed by atoms with Gasteiger partial charge in [0.25, 0.3) is 0 Å². The number of methoxy groups -OCH3 is 1. The third-order valence-corrected chi connectivity index (χ3v) is 4.29. The van der Waals surface area contributed by atoms with E-state index < -0.39 is 27.3 Å². The molecule has 2 atom stereocenters. The smallest absolute Gasteiger partial charge is 0.325 e. The minimum absolute atomic E-state index is 0.244. The Morgan fingerprint density at radius 3 is 2.42 bits per heavy atom. The number of hydrogen-bond donors (Lipinski definition) is 2. The Labute approximate surface area is 112 Å². The second kappa shape index (κ2) is 6.03. The number of carbonyl (C=O) groups is 1. The first-order valence-electron chi connectivity index (χ1n) is 5.66. The molecule has 0 saturated carbocycles. The van der Waals surface area contributed by atoms with Gasteiger partial charge in [-0.1, -0.05) is 18.2 Å². The average molecular weight is 287 g/mol. The van der Waals surface area contributed by atoms with E-state index in [9.17, 15) is 18.3 Å². The van der Waals surface area contributed by atoms with Crippen LogP contribution in [0.2, 0.25) is 0 Å². The highest BCUT2D eigenvalue weighted by atomic mass is 32.2. The molecule has 2 unspecified atom stereocenters. The van der Waals surface area contributed by atoms with Gasteiger partial charge in [-0.3, -0.25) is 9.52 Å². The van der Waals surface area contributed by atoms with Crippen molar-refractivity contribution < 1.29 is 23.1 Å². The standard InChI is InChI=1S/C12H17NO5S/c1-8(14)10-6-4-5-7-11(10)13-19(16,17)9(2)12(15)18-3/h4-9,13-14H,1-3H3. The van der Waals surface area contributed by atoms with Gasteiger partial charge in [-0.25, -0.2) is 8.42 Å². The highest BCUT2D eigenvalue weighted by Gasteiger charge is 2.29. The van der Waals surface area contributed by atoms with Crippen molar-refractivity contribution in [3.63, 3.8) is 0 Å². The van der Waals surface area contributed by atoms with Crippen molar-refractivity contribution >= 4 is 21.7 Å². The zero-order valence-corrected chi connectivity index (χ0v) is 11.8. The fourth-order valence-corrected chi connectivity index (χ4v) is 2.51. The van der Waals surface area contributed by atoms with Crippen molar-refractivity contribution in [2.75, 3.05) is 11.8 Å². The molecule has 0 heterocycles. The number of para-hydroxylation sites is 1. The topological polar surface area (TPSA) is 92.7 Å². The first-order chi connectivity index (χ1) is 8.79. The van der Waals surface area contributed by atoms with E-state index in [4.69, 9.17) is 0 Å². The molecule has 2 N–H and O–H groups in total. The number of ether oxygens (including phenoxy) is 1. The van der Waals surface area contributed by atoms with Crippen LogP contribution in [0.3, 0.4) is 0 Å². The fourth-order valence-electron chi connectivity index (χ4n) is 1.49. The molecule has 0 fully saturated rings. The van der Waals surface area contributed by atoms with Crippen LogP contribution >= 0.6 is 0 Å². The van der Waals surface area contributed by atoms with Gasteiger partial charge >= 0.3 is 5.97 Å². The molecule has 1 rings (SSSR count). The van der Waals surface area contributed by atoms with Crippen LogP contribution in [0.15, 0.2) is 24.3 Å². The molecule has 1 aromatic rings. The third kappa shape index (κ3) is 3.68. The molecule has 0 aliphatic carbocycles. The lowest BCUT2D eigenvalue weighted by Crippen LogP contribution is -2.33. The fraction of sp³-hybridized carbons (Fsp3) is 0.417. The van der Waals surface area contributed by atoms with Crippen molar-refractivity contribution in [2.24, 2.45) is 0 Å². The van der Waals surface area contributed by atoms with E-state index in [1.807, 2.05) is 0 Å². The molecule has 0 amide bonds. The zero-order chi connectivity index (χ0) is 14.6. The Hall–Kier alpha value is -1.60. The Morgan fingerprint density at radius 1 is 1.32 bits per heavy atom. The minimum atomic E-state index is -3.92. The summed E-state index contributed by atoms with van der Waals surface area (Å²) >= 11 is 0. The minimum Gasteiger partial charge on any atom is -0.468 e. The van der Waals surface area contributed by atoms with Gasteiger partial charge in [-0.05, 0) is 19.9 Å². The molecule has 7 heteroatoms. The van der Waals surface area contributed by atoms with Crippen LogP contribution in [0.5, 0.6) is 0 Å². The summed E-state index contributed by atoms with van der Waals surface area (Å²) in [7, 11) is -2.79. The highest BCUT2D eigenvalue weighted by Crippen LogP contribution is 2.24. The molecule has 0 aliphatic heterocycles. The maximum atomic E-state index is 12.0. The molecule has 0 aromatic heterocycles. The number of aliphatic hydroxyl groups excluding tert-OH is 1. The first kappa shape index (κ1) is 15.5. The maximum Gasteiger partial charge on any atom is 0.325 e. The van der Waals surface area contributed by atoms with Crippen molar-refractivity contribution in [1.82, 2.24) is 0 Å². The monoisotopic (exact) mass is 287 g/mol. The van der Waals surface area contributed by atoms with E-state index >= 15 is 0 Å². The molecule has 19 heavy (non-hydrogen) atoms. The zero-order valence-electron chi connectivity index (χ0n) is 11.0. The summed E-state index contributed by atoms with van der Waals surface area (Å²) in [6.45, 7) is 2.76. The quantitative estimate of drug-likeness (QED) is 0.789. The Bertz CT molecular complexity index is 553. The van der Waals surface area contributed by atoms with Crippen molar-refractivity contribution in [2.45, 2.75) is 25.2 Å². The summed E-state index contributed by atoms with van der Waals surface area (Å²) in [5.74, 6) is -0.845. The number of carbonyl (C=O) groups excluding carboxylic acids is 1. The molecular weight excluding hydrogens is 270 g/mol. The van der Waals surface area contributed by atoms with Gasteiger partial charge in [0.2, 0.25) is 10.0 Å². The second-order valence-electron chi connectivity index (χ2n) is 4.08. The Kier molecular flexibility index (Phi) is 4.90. The molecule has 0 spiro atoms. The molecule has 1 aromatic carbocycles. The second-order valence-corrected chi connectivity index (χ2v) is 6.08. The lowest BCUT2D eigenvalue weighted by Gasteiger charge is -2.16.